The highest BCUT2D eigenvalue weighted by molar-refractivity contribution is 5.69. The molecule has 3 aromatic rings. The van der Waals surface area contributed by atoms with Crippen LogP contribution in [0.4, 0.5) is 0 Å². The van der Waals surface area contributed by atoms with Gasteiger partial charge in [0.25, 0.3) is 5.56 Å². The number of aromatic amines is 1. The van der Waals surface area contributed by atoms with Crippen molar-refractivity contribution in [2.24, 2.45) is 0 Å². The molecular formula is C15H16N4O. The maximum Gasteiger partial charge on any atom is 0.277 e. The topological polar surface area (TPSA) is 63.6 Å². The van der Waals surface area contributed by atoms with Crippen molar-refractivity contribution in [1.82, 2.24) is 19.5 Å². The van der Waals surface area contributed by atoms with Crippen molar-refractivity contribution >= 4 is 11.2 Å². The normalized spacial score (nSPS) is 11.1. The van der Waals surface area contributed by atoms with Gasteiger partial charge in [0.15, 0.2) is 11.2 Å². The lowest BCUT2D eigenvalue weighted by atomic mass is 10.1. The summed E-state index contributed by atoms with van der Waals surface area (Å²) in [4.78, 5) is 23.5. The molecule has 3 rings (SSSR count). The Morgan fingerprint density at radius 3 is 2.95 bits per heavy atom. The summed E-state index contributed by atoms with van der Waals surface area (Å²) in [5.41, 5.74) is 3.26. The summed E-state index contributed by atoms with van der Waals surface area (Å²) in [5.74, 6) is 0.670. The van der Waals surface area contributed by atoms with E-state index in [4.69, 9.17) is 0 Å². The number of fused-ring (bicyclic) bond motifs is 1. The zero-order chi connectivity index (χ0) is 14.1. The number of nitrogens with one attached hydrogen (secondary N) is 1. The van der Waals surface area contributed by atoms with E-state index in [-0.39, 0.29) is 5.56 Å². The van der Waals surface area contributed by atoms with Gasteiger partial charge in [-0.05, 0) is 12.5 Å². The molecule has 0 amide bonds. The minimum Gasteiger partial charge on any atom is -0.320 e. The summed E-state index contributed by atoms with van der Waals surface area (Å²) in [6, 6.07) is 8.22. The number of rotatable bonds is 3. The van der Waals surface area contributed by atoms with E-state index in [0.29, 0.717) is 30.0 Å². The van der Waals surface area contributed by atoms with Gasteiger partial charge in [-0.3, -0.25) is 4.79 Å². The van der Waals surface area contributed by atoms with E-state index in [2.05, 4.69) is 34.0 Å². The van der Waals surface area contributed by atoms with Gasteiger partial charge in [-0.15, -0.1) is 0 Å². The first-order valence-electron chi connectivity index (χ1n) is 6.67. The molecule has 0 atom stereocenters. The van der Waals surface area contributed by atoms with Crippen LogP contribution in [0.1, 0.15) is 23.9 Å². The van der Waals surface area contributed by atoms with Crippen molar-refractivity contribution in [2.75, 3.05) is 0 Å². The van der Waals surface area contributed by atoms with Crippen LogP contribution < -0.4 is 5.56 Å². The molecule has 0 spiro atoms. The van der Waals surface area contributed by atoms with Crippen molar-refractivity contribution in [2.45, 2.75) is 26.8 Å². The summed E-state index contributed by atoms with van der Waals surface area (Å²) in [5, 5.41) is 0. The van der Waals surface area contributed by atoms with E-state index in [1.54, 1.807) is 6.33 Å². The van der Waals surface area contributed by atoms with E-state index < -0.39 is 0 Å². The van der Waals surface area contributed by atoms with Gasteiger partial charge in [0.1, 0.15) is 5.82 Å². The second-order valence-corrected chi connectivity index (χ2v) is 4.90. The molecule has 0 aliphatic rings. The molecule has 0 aliphatic heterocycles. The van der Waals surface area contributed by atoms with Crippen LogP contribution in [0.3, 0.4) is 0 Å². The SMILES string of the molecule is CCc1nc2ncn(Cc3cccc(C)c3)c2c(=O)[nH]1. The molecule has 1 N–H and O–H groups in total. The summed E-state index contributed by atoms with van der Waals surface area (Å²) < 4.78 is 1.84. The van der Waals surface area contributed by atoms with Crippen LogP contribution in [0, 0.1) is 6.92 Å². The molecule has 5 heteroatoms. The maximum atomic E-state index is 12.1. The van der Waals surface area contributed by atoms with Crippen LogP contribution >= 0.6 is 0 Å². The Balaban J connectivity index is 2.07. The first-order valence-corrected chi connectivity index (χ1v) is 6.67. The van der Waals surface area contributed by atoms with Crippen molar-refractivity contribution in [3.8, 4) is 0 Å². The smallest absolute Gasteiger partial charge is 0.277 e. The monoisotopic (exact) mass is 268 g/mol. The molecule has 20 heavy (non-hydrogen) atoms. The fourth-order valence-electron chi connectivity index (χ4n) is 2.33. The lowest BCUT2D eigenvalue weighted by Gasteiger charge is -2.05. The highest BCUT2D eigenvalue weighted by Crippen LogP contribution is 2.10. The van der Waals surface area contributed by atoms with E-state index in [9.17, 15) is 4.79 Å². The second kappa shape index (κ2) is 4.92. The van der Waals surface area contributed by atoms with Gasteiger partial charge in [0.2, 0.25) is 0 Å². The van der Waals surface area contributed by atoms with Crippen molar-refractivity contribution in [3.05, 3.63) is 57.9 Å². The zero-order valence-electron chi connectivity index (χ0n) is 11.6. The Morgan fingerprint density at radius 1 is 1.35 bits per heavy atom. The number of hydrogen-bond acceptors (Lipinski definition) is 3. The fraction of sp³-hybridized carbons (Fsp3) is 0.267. The second-order valence-electron chi connectivity index (χ2n) is 4.90. The van der Waals surface area contributed by atoms with E-state index in [1.165, 1.54) is 5.56 Å². The number of aryl methyl sites for hydroxylation is 2. The Labute approximate surface area is 116 Å². The summed E-state index contributed by atoms with van der Waals surface area (Å²) in [6.45, 7) is 4.62. The molecular weight excluding hydrogens is 252 g/mol. The highest BCUT2D eigenvalue weighted by atomic mass is 16.1. The number of nitrogens with zero attached hydrogens (tertiary/aromatic N) is 3. The van der Waals surface area contributed by atoms with Crippen molar-refractivity contribution < 1.29 is 0 Å². The molecule has 102 valence electrons. The van der Waals surface area contributed by atoms with Crippen molar-refractivity contribution in [3.63, 3.8) is 0 Å². The molecule has 0 saturated carbocycles. The molecule has 2 aromatic heterocycles. The van der Waals surface area contributed by atoms with Crippen LogP contribution in [0.5, 0.6) is 0 Å². The van der Waals surface area contributed by atoms with Crippen LogP contribution in [0.2, 0.25) is 0 Å². The molecule has 1 aromatic carbocycles. The fourth-order valence-corrected chi connectivity index (χ4v) is 2.33. The highest BCUT2D eigenvalue weighted by Gasteiger charge is 2.10. The van der Waals surface area contributed by atoms with Gasteiger partial charge in [0, 0.05) is 13.0 Å². The van der Waals surface area contributed by atoms with Gasteiger partial charge in [-0.25, -0.2) is 9.97 Å². The van der Waals surface area contributed by atoms with Crippen LogP contribution in [-0.4, -0.2) is 19.5 Å². The summed E-state index contributed by atoms with van der Waals surface area (Å²) in [7, 11) is 0. The minimum absolute atomic E-state index is 0.128. The Bertz CT molecular complexity index is 816. The molecule has 0 fully saturated rings. The van der Waals surface area contributed by atoms with Crippen molar-refractivity contribution in [1.29, 1.82) is 0 Å². The third-order valence-corrected chi connectivity index (χ3v) is 3.30. The predicted molar refractivity (Wildman–Crippen MR) is 77.8 cm³/mol. The number of imidazole rings is 1. The first-order chi connectivity index (χ1) is 9.67. The first kappa shape index (κ1) is 12.6. The van der Waals surface area contributed by atoms with Gasteiger partial charge < -0.3 is 9.55 Å². The number of aromatic nitrogens is 4. The van der Waals surface area contributed by atoms with Gasteiger partial charge in [-0.1, -0.05) is 36.8 Å². The standard InChI is InChI=1S/C15H16N4O/c1-3-12-17-14-13(15(20)18-12)19(9-16-14)8-11-6-4-5-10(2)7-11/h4-7,9H,3,8H2,1-2H3,(H,17,18,20). The lowest BCUT2D eigenvalue weighted by molar-refractivity contribution is 0.816. The number of benzene rings is 1. The molecule has 0 bridgehead atoms. The summed E-state index contributed by atoms with van der Waals surface area (Å²) >= 11 is 0. The van der Waals surface area contributed by atoms with E-state index in [0.717, 1.165) is 5.56 Å². The average Bonchev–Trinajstić information content (AvgIpc) is 2.82. The molecule has 2 heterocycles. The van der Waals surface area contributed by atoms with Gasteiger partial charge in [-0.2, -0.15) is 0 Å². The minimum atomic E-state index is -0.128. The Hall–Kier alpha value is -2.43. The molecule has 0 unspecified atom stereocenters. The third-order valence-electron chi connectivity index (χ3n) is 3.30. The average molecular weight is 268 g/mol. The number of hydrogen-bond donors (Lipinski definition) is 1. The van der Waals surface area contributed by atoms with E-state index >= 15 is 0 Å². The predicted octanol–water partition coefficient (Wildman–Crippen LogP) is 2.04. The van der Waals surface area contributed by atoms with E-state index in [1.807, 2.05) is 23.6 Å². The Morgan fingerprint density at radius 2 is 2.20 bits per heavy atom. The molecule has 0 radical (unpaired) electrons. The molecule has 0 saturated heterocycles. The van der Waals surface area contributed by atoms with Crippen LogP contribution in [0.25, 0.3) is 11.2 Å². The van der Waals surface area contributed by atoms with Gasteiger partial charge >= 0.3 is 0 Å². The third kappa shape index (κ3) is 2.22. The quantitative estimate of drug-likeness (QED) is 0.790. The molecule has 0 aliphatic carbocycles. The largest absolute Gasteiger partial charge is 0.320 e. The maximum absolute atomic E-state index is 12.1. The number of H-pyrrole nitrogens is 1. The summed E-state index contributed by atoms with van der Waals surface area (Å²) in [6.07, 6.45) is 2.37. The van der Waals surface area contributed by atoms with Crippen LogP contribution in [-0.2, 0) is 13.0 Å². The molecule has 5 nitrogen and oxygen atoms in total. The Kier molecular flexibility index (Phi) is 3.10. The lowest BCUT2D eigenvalue weighted by Crippen LogP contribution is -2.15. The zero-order valence-corrected chi connectivity index (χ0v) is 11.6. The van der Waals surface area contributed by atoms with Crippen LogP contribution in [0.15, 0.2) is 35.4 Å². The van der Waals surface area contributed by atoms with Gasteiger partial charge in [0.05, 0.1) is 6.33 Å².